The van der Waals surface area contributed by atoms with Crippen molar-refractivity contribution in [2.45, 2.75) is 142 Å². The third kappa shape index (κ3) is 21.0. The molecule has 15 heterocycles. The lowest BCUT2D eigenvalue weighted by atomic mass is 9.99. The molecule has 5 aliphatic carbocycles. The van der Waals surface area contributed by atoms with Gasteiger partial charge in [-0.2, -0.15) is 0 Å². The molecule has 6 fully saturated rings. The highest BCUT2D eigenvalue weighted by Crippen LogP contribution is 2.44. The summed E-state index contributed by atoms with van der Waals surface area (Å²) in [4.78, 5) is 114. The summed E-state index contributed by atoms with van der Waals surface area (Å²) >= 11 is 0. The Bertz CT molecular complexity index is 7190. The minimum atomic E-state index is -1.07. The summed E-state index contributed by atoms with van der Waals surface area (Å²) in [6, 6.07) is 26.1. The van der Waals surface area contributed by atoms with E-state index in [9.17, 15) is 56.1 Å². The van der Waals surface area contributed by atoms with E-state index in [0.29, 0.717) is 120 Å². The van der Waals surface area contributed by atoms with Gasteiger partial charge in [0.1, 0.15) is 100 Å². The maximum absolute atomic E-state index is 13.1. The number of carbonyl (C=O) groups excluding carboxylic acids is 5. The summed E-state index contributed by atoms with van der Waals surface area (Å²) in [7, 11) is 1.55. The number of rotatable bonds is 19. The molecule has 5 amide bonds. The highest BCUT2D eigenvalue weighted by molar-refractivity contribution is 6.04. The van der Waals surface area contributed by atoms with Gasteiger partial charge in [-0.05, 0) is 233 Å². The van der Waals surface area contributed by atoms with E-state index in [1.807, 2.05) is 76.4 Å². The monoisotopic (exact) mass is 1860 g/mol. The van der Waals surface area contributed by atoms with Gasteiger partial charge in [0.2, 0.25) is 35.4 Å². The first-order valence-electron chi connectivity index (χ1n) is 44.5. The average molecular weight is 1860 g/mol. The number of nitrogens with one attached hydrogen (secondary N) is 7. The maximum atomic E-state index is 13.1. The number of aliphatic hydroxyl groups excluding tert-OH is 1. The van der Waals surface area contributed by atoms with Gasteiger partial charge in [0.05, 0.1) is 65.2 Å². The zero-order chi connectivity index (χ0) is 97.0. The Kier molecular flexibility index (Phi) is 25.9. The van der Waals surface area contributed by atoms with Crippen LogP contribution < -0.4 is 75.5 Å². The quantitative estimate of drug-likeness (QED) is 0.0334. The number of nitrogen functional groups attached to an aromatic ring is 5. The van der Waals surface area contributed by atoms with Gasteiger partial charge in [-0.1, -0.05) is 13.2 Å². The van der Waals surface area contributed by atoms with E-state index >= 15 is 0 Å². The average Bonchev–Trinajstić information content (AvgIpc) is 1.79. The first-order chi connectivity index (χ1) is 65.5. The van der Waals surface area contributed by atoms with Crippen molar-refractivity contribution >= 4 is 159 Å². The largest absolute Gasteiger partial charge is 0.481 e. The van der Waals surface area contributed by atoms with Crippen molar-refractivity contribution in [2.75, 3.05) is 85.7 Å². The molecule has 12 aromatic heterocycles. The second-order valence-corrected chi connectivity index (χ2v) is 35.9. The predicted molar refractivity (Wildman–Crippen MR) is 518 cm³/mol. The van der Waals surface area contributed by atoms with Gasteiger partial charge < -0.3 is 85.7 Å². The molecular formula is C99H100F5N25O8. The minimum absolute atomic E-state index is 0.140. The molecule has 13 aromatic rings. The van der Waals surface area contributed by atoms with Crippen LogP contribution in [0.15, 0.2) is 171 Å². The number of hydrogen-bond donors (Lipinski definition) is 14. The fourth-order valence-corrected chi connectivity index (χ4v) is 16.4. The van der Waals surface area contributed by atoms with E-state index < -0.39 is 66.0 Å². The number of aliphatic hydroxyl groups is 2. The van der Waals surface area contributed by atoms with Crippen molar-refractivity contribution < 1.29 is 60.9 Å². The first kappa shape index (κ1) is 93.2. The van der Waals surface area contributed by atoms with E-state index in [-0.39, 0.29) is 74.3 Å². The molecule has 137 heavy (non-hydrogen) atoms. The number of anilines is 12. The molecule has 19 N–H and O–H groups in total. The lowest BCUT2D eigenvalue weighted by Crippen LogP contribution is -2.30. The molecular weight excluding hydrogens is 1760 g/mol. The van der Waals surface area contributed by atoms with Crippen LogP contribution in [0.5, 0.6) is 5.88 Å². The summed E-state index contributed by atoms with van der Waals surface area (Å²) in [5, 5.41) is 46.4. The maximum Gasteiger partial charge on any atom is 0.231 e. The van der Waals surface area contributed by atoms with Crippen molar-refractivity contribution in [3.05, 3.63) is 204 Å². The lowest BCUT2D eigenvalue weighted by molar-refractivity contribution is -0.118. The summed E-state index contributed by atoms with van der Waals surface area (Å²) in [6.07, 6.45) is 14.6. The van der Waals surface area contributed by atoms with E-state index in [1.54, 1.807) is 101 Å². The zero-order valence-corrected chi connectivity index (χ0v) is 75.8. The normalized spacial score (nSPS) is 20.6. The predicted octanol–water partition coefficient (Wildman–Crippen LogP) is 14.7. The van der Waals surface area contributed by atoms with E-state index in [1.165, 1.54) is 5.56 Å². The number of methoxy groups -OCH3 is 1. The number of amides is 5. The van der Waals surface area contributed by atoms with Gasteiger partial charge in [-0.15, -0.1) is 0 Å². The number of aryl methyl sites for hydroxylation is 3. The fraction of sp³-hybridized carbons (Fsp3) is 0.303. The van der Waals surface area contributed by atoms with Crippen LogP contribution in [-0.2, 0) is 36.0 Å². The number of nitrogens with two attached hydrogens (primary N) is 5. The Balaban J connectivity index is 0.000000119. The molecule has 0 radical (unpaired) electrons. The third-order valence-electron chi connectivity index (χ3n) is 24.9. The van der Waals surface area contributed by atoms with Crippen LogP contribution in [0.1, 0.15) is 106 Å². The Morgan fingerprint density at radius 3 is 1.26 bits per heavy atom. The molecule has 3 aliphatic heterocycles. The van der Waals surface area contributed by atoms with Crippen molar-refractivity contribution in [2.24, 2.45) is 29.6 Å². The number of ether oxygens (including phenoxy) is 1. The van der Waals surface area contributed by atoms with Crippen LogP contribution in [0, 0.1) is 50.4 Å². The van der Waals surface area contributed by atoms with Gasteiger partial charge >= 0.3 is 0 Å². The topological polar surface area (TPSA) is 507 Å². The Hall–Kier alpha value is -15.6. The molecule has 704 valence electrons. The van der Waals surface area contributed by atoms with Crippen molar-refractivity contribution in [3.8, 4) is 39.7 Å². The number of fused-ring (bicyclic) bond motifs is 6. The SMILES string of the molecule is C=C1C=C(c2cc3cc(NC(=O)[C@@H]4C[C@@H]4F)ncc3c(N)n2)C(C)=CN1.C=C1Cc2cc(-c3cc4cc(NC(=O)[C@@H]5C[C@@H]5F)ncc4c(N)n3)c(C)cc2N1.COc1cc(-c2cc3cc(NC(=O)[C@@H]4C[C@@H]4F)ncc3c(N)n2)c(C)cn1.Cc1cc(C(C)(C)O)ncc1-c1cc2cc(NC(=O)[C@@H]3C[C@@H]3F)ncc2c(N)n1.Nc1nc(N2CCCC2CCO)cc2cc(NC(=O)[C@@H]3C[C@@H]3F)ncc12. The molecule has 1 saturated heterocycles. The van der Waals surface area contributed by atoms with Crippen LogP contribution in [-0.4, -0.2) is 157 Å². The molecule has 1 unspecified atom stereocenters. The summed E-state index contributed by atoms with van der Waals surface area (Å²) in [5.74, 6) is 0.195. The number of hydrogen-bond acceptors (Lipinski definition) is 28. The number of alkyl halides is 5. The second-order valence-electron chi connectivity index (χ2n) is 35.9. The molecule has 0 spiro atoms. The zero-order valence-electron chi connectivity index (χ0n) is 75.8. The smallest absolute Gasteiger partial charge is 0.231 e. The van der Waals surface area contributed by atoms with Gasteiger partial charge in [-0.25, -0.2) is 76.8 Å². The number of halogens is 5. The van der Waals surface area contributed by atoms with E-state index in [2.05, 4.69) is 127 Å². The number of benzene rings is 1. The fourth-order valence-electron chi connectivity index (χ4n) is 16.4. The molecule has 5 saturated carbocycles. The number of pyridine rings is 12. The molecule has 8 aliphatic rings. The van der Waals surface area contributed by atoms with Crippen molar-refractivity contribution in [3.63, 3.8) is 0 Å². The number of dihydropyridines is 1. The van der Waals surface area contributed by atoms with Crippen LogP contribution in [0.25, 0.3) is 93.2 Å². The molecule has 21 rings (SSSR count). The summed E-state index contributed by atoms with van der Waals surface area (Å²) < 4.78 is 70.5. The van der Waals surface area contributed by atoms with Gasteiger partial charge in [0.15, 0.2) is 0 Å². The van der Waals surface area contributed by atoms with Crippen molar-refractivity contribution in [1.29, 1.82) is 0 Å². The Labute approximate surface area is 781 Å². The Morgan fingerprint density at radius 2 is 0.861 bits per heavy atom. The van der Waals surface area contributed by atoms with E-state index in [4.69, 9.17) is 33.4 Å². The summed E-state index contributed by atoms with van der Waals surface area (Å²) in [6.45, 7) is 20.1. The van der Waals surface area contributed by atoms with Gasteiger partial charge in [0.25, 0.3) is 0 Å². The third-order valence-corrected chi connectivity index (χ3v) is 24.9. The second kappa shape index (κ2) is 38.0. The lowest BCUT2D eigenvalue weighted by Gasteiger charge is -2.25. The minimum Gasteiger partial charge on any atom is -0.481 e. The molecule has 0 bridgehead atoms. The number of aromatic nitrogens is 12. The van der Waals surface area contributed by atoms with Crippen molar-refractivity contribution in [1.82, 2.24) is 65.1 Å². The van der Waals surface area contributed by atoms with Crippen LogP contribution in [0.2, 0.25) is 0 Å². The van der Waals surface area contributed by atoms with Gasteiger partial charge in [-0.3, -0.25) is 29.0 Å². The van der Waals surface area contributed by atoms with Crippen LogP contribution in [0.3, 0.4) is 0 Å². The molecule has 1 aromatic carbocycles. The number of carbonyl (C=O) groups is 5. The standard InChI is InChI=1S/C22H20FN5O.C21H22FN5O2.C19H18FN5O2.C19H18FN5O.C18H22FN5O2/c1-10-3-18-13(4-11(2)26-18)5-14(10)19-6-12-7-20(25-9-16(12)21(24)27-19)28-22(29)15-8-17(15)23;1-10-4-17(21(2,3)29)24-8-13(10)16-5-11-6-18(25-9-14(11)19(23)26-16)27-20(28)12-7-15(12)22;1-9-7-23-17(27-2)6-11(9)15-3-10-4-16(22-8-13(10)18(21)24-15)25-19(26)12-5-14(12)20;1-9-7-22-10(2)3-12(9)16-4-11-5-17(23-8-14(11)18(21)24-16)25-19(26)13-6-15(13)20;19-14-8-12(14)18(26)22-15-6-10-7-16(23-17(20)13(10)9-21-15)24-4-1-2-11(24)3-5-25/h3,5-7,9,15,17,26H,2,4,8H2,1H3,(H2,24,27)(H,25,28,29);4-6,8-9,12,15,29H,7H2,1-3H3,(H2,23,26)(H,25,27,28);3-4,6-8,12,14H,5H2,1-2H3,(H2,21,24)(H,22,25,26);3-5,7-8,13,15,22H,2,6H2,1H3,(H2,21,24)(H,23,25,26);6-7,9,11-12,14,25H,1-5,8H2,(H2,20,23)(H,21,22,26)/t15-,17+;12-,15+;12-,14+;13-,15+;11?,12-,14+/m11111/s1. The van der Waals surface area contributed by atoms with Crippen LogP contribution in [0.4, 0.5) is 91.6 Å². The number of nitrogens with zero attached hydrogens (tertiary/aromatic N) is 13. The molecule has 38 heteroatoms. The highest BCUT2D eigenvalue weighted by atomic mass is 19.2. The van der Waals surface area contributed by atoms with Gasteiger partial charge in [0, 0.05) is 148 Å². The van der Waals surface area contributed by atoms with E-state index in [0.717, 1.165) is 126 Å². The van der Waals surface area contributed by atoms with Crippen LogP contribution >= 0.6 is 0 Å². The summed E-state index contributed by atoms with van der Waals surface area (Å²) in [5.41, 5.74) is 44.3. The number of allylic oxidation sites excluding steroid dienone is 4. The first-order valence-corrected chi connectivity index (χ1v) is 44.5. The highest BCUT2D eigenvalue weighted by Gasteiger charge is 2.47. The molecule has 33 nitrogen and oxygen atoms in total. The molecule has 11 atom stereocenters. The Morgan fingerprint density at radius 1 is 0.482 bits per heavy atom.